The smallest absolute Gasteiger partial charge is 0.254 e. The molecule has 0 saturated heterocycles. The minimum absolute atomic E-state index is 0.134. The lowest BCUT2D eigenvalue weighted by molar-refractivity contribution is 0.0895. The maximum atomic E-state index is 12.4. The zero-order valence-electron chi connectivity index (χ0n) is 14.6. The average Bonchev–Trinajstić information content (AvgIpc) is 3.09. The molecule has 0 bridgehead atoms. The van der Waals surface area contributed by atoms with Crippen LogP contribution >= 0.6 is 0 Å². The number of methoxy groups -OCH3 is 1. The highest BCUT2D eigenvalue weighted by Gasteiger charge is 2.27. The molecule has 6 nitrogen and oxygen atoms in total. The van der Waals surface area contributed by atoms with Gasteiger partial charge in [0.1, 0.15) is 5.75 Å². The Morgan fingerprint density at radius 2 is 1.96 bits per heavy atom. The number of nitrogens with one attached hydrogen (secondary N) is 1. The molecule has 0 aliphatic heterocycles. The van der Waals surface area contributed by atoms with Gasteiger partial charge in [0.25, 0.3) is 5.91 Å². The highest BCUT2D eigenvalue weighted by atomic mass is 16.5. The first-order chi connectivity index (χ1) is 11.6. The Bertz CT molecular complexity index is 652. The molecular formula is C18H26N4O2. The molecule has 1 aromatic heterocycles. The van der Waals surface area contributed by atoms with Crippen molar-refractivity contribution in [2.45, 2.75) is 38.8 Å². The third kappa shape index (κ3) is 4.14. The standard InChI is InChI=1S/C18H26N4O2/c1-4-18(5-2,13-19)21-17(23)15-10-20-22(12-15)11-14-6-8-16(24-3)9-7-14/h6-10,12H,4-5,11,13,19H2,1-3H3,(H,21,23). The molecule has 0 aliphatic carbocycles. The second kappa shape index (κ2) is 7.97. The average molecular weight is 330 g/mol. The molecule has 0 fully saturated rings. The number of nitrogens with two attached hydrogens (primary N) is 1. The van der Waals surface area contributed by atoms with Crippen molar-refractivity contribution in [1.82, 2.24) is 15.1 Å². The van der Waals surface area contributed by atoms with Crippen LogP contribution in [-0.2, 0) is 6.54 Å². The normalized spacial score (nSPS) is 11.3. The molecule has 0 spiro atoms. The molecule has 1 aromatic carbocycles. The Morgan fingerprint density at radius 3 is 2.50 bits per heavy atom. The highest BCUT2D eigenvalue weighted by molar-refractivity contribution is 5.94. The van der Waals surface area contributed by atoms with Gasteiger partial charge in [-0.25, -0.2) is 0 Å². The van der Waals surface area contributed by atoms with Crippen molar-refractivity contribution in [2.24, 2.45) is 5.73 Å². The fraction of sp³-hybridized carbons (Fsp3) is 0.444. The first-order valence-corrected chi connectivity index (χ1v) is 8.23. The number of carbonyl (C=O) groups is 1. The van der Waals surface area contributed by atoms with Crippen LogP contribution in [0.5, 0.6) is 5.75 Å². The maximum absolute atomic E-state index is 12.4. The fourth-order valence-corrected chi connectivity index (χ4v) is 2.56. The third-order valence-electron chi connectivity index (χ3n) is 4.52. The van der Waals surface area contributed by atoms with Crippen molar-refractivity contribution in [2.75, 3.05) is 13.7 Å². The van der Waals surface area contributed by atoms with Crippen LogP contribution < -0.4 is 15.8 Å². The van der Waals surface area contributed by atoms with E-state index in [9.17, 15) is 4.79 Å². The van der Waals surface area contributed by atoms with Crippen LogP contribution in [0.4, 0.5) is 0 Å². The first-order valence-electron chi connectivity index (χ1n) is 8.23. The van der Waals surface area contributed by atoms with E-state index >= 15 is 0 Å². The van der Waals surface area contributed by atoms with E-state index in [-0.39, 0.29) is 11.4 Å². The molecule has 0 radical (unpaired) electrons. The van der Waals surface area contributed by atoms with Crippen LogP contribution in [0, 0.1) is 0 Å². The Hall–Kier alpha value is -2.34. The van der Waals surface area contributed by atoms with Crippen molar-refractivity contribution in [1.29, 1.82) is 0 Å². The Morgan fingerprint density at radius 1 is 1.29 bits per heavy atom. The van der Waals surface area contributed by atoms with Crippen molar-refractivity contribution in [3.8, 4) is 5.75 Å². The number of benzene rings is 1. The predicted octanol–water partition coefficient (Wildman–Crippen LogP) is 2.19. The number of nitrogens with zero attached hydrogens (tertiary/aromatic N) is 2. The molecule has 6 heteroatoms. The number of hydrogen-bond donors (Lipinski definition) is 2. The Kier molecular flexibility index (Phi) is 5.98. The number of aromatic nitrogens is 2. The lowest BCUT2D eigenvalue weighted by Crippen LogP contribution is -2.52. The van der Waals surface area contributed by atoms with E-state index < -0.39 is 0 Å². The first kappa shape index (κ1) is 18.0. The Labute approximate surface area is 143 Å². The second-order valence-corrected chi connectivity index (χ2v) is 5.92. The summed E-state index contributed by atoms with van der Waals surface area (Å²) in [5.41, 5.74) is 7.12. The lowest BCUT2D eigenvalue weighted by atomic mass is 9.92. The fourth-order valence-electron chi connectivity index (χ4n) is 2.56. The number of ether oxygens (including phenoxy) is 1. The number of amides is 1. The molecule has 0 saturated carbocycles. The molecule has 1 heterocycles. The van der Waals surface area contributed by atoms with Crippen LogP contribution in [0.15, 0.2) is 36.7 Å². The van der Waals surface area contributed by atoms with E-state index in [1.165, 1.54) is 0 Å². The van der Waals surface area contributed by atoms with E-state index in [1.807, 2.05) is 38.1 Å². The number of hydrogen-bond acceptors (Lipinski definition) is 4. The van der Waals surface area contributed by atoms with Crippen molar-refractivity contribution in [3.63, 3.8) is 0 Å². The molecule has 0 atom stereocenters. The minimum Gasteiger partial charge on any atom is -0.497 e. The van der Waals surface area contributed by atoms with Gasteiger partial charge in [-0.3, -0.25) is 9.48 Å². The summed E-state index contributed by atoms with van der Waals surface area (Å²) >= 11 is 0. The van der Waals surface area contributed by atoms with Gasteiger partial charge in [-0.1, -0.05) is 26.0 Å². The zero-order valence-corrected chi connectivity index (χ0v) is 14.6. The van der Waals surface area contributed by atoms with Crippen molar-refractivity contribution in [3.05, 3.63) is 47.8 Å². The van der Waals surface area contributed by atoms with E-state index in [1.54, 1.807) is 24.2 Å². The van der Waals surface area contributed by atoms with Gasteiger partial charge in [-0.2, -0.15) is 5.10 Å². The molecule has 130 valence electrons. The number of carbonyl (C=O) groups excluding carboxylic acids is 1. The van der Waals surface area contributed by atoms with Gasteiger partial charge in [0, 0.05) is 12.7 Å². The van der Waals surface area contributed by atoms with Gasteiger partial charge in [-0.15, -0.1) is 0 Å². The molecule has 3 N–H and O–H groups in total. The minimum atomic E-state index is -0.352. The van der Waals surface area contributed by atoms with E-state index in [0.29, 0.717) is 18.7 Å². The second-order valence-electron chi connectivity index (χ2n) is 5.92. The summed E-state index contributed by atoms with van der Waals surface area (Å²) in [5, 5.41) is 7.33. The molecular weight excluding hydrogens is 304 g/mol. The number of rotatable bonds is 8. The molecule has 0 aliphatic rings. The maximum Gasteiger partial charge on any atom is 0.254 e. The molecule has 2 rings (SSSR count). The molecule has 0 unspecified atom stereocenters. The van der Waals surface area contributed by atoms with E-state index in [0.717, 1.165) is 24.2 Å². The summed E-state index contributed by atoms with van der Waals surface area (Å²) in [7, 11) is 1.64. The summed E-state index contributed by atoms with van der Waals surface area (Å²) in [5.74, 6) is 0.682. The van der Waals surface area contributed by atoms with Gasteiger partial charge >= 0.3 is 0 Å². The topological polar surface area (TPSA) is 82.2 Å². The van der Waals surface area contributed by atoms with Crippen molar-refractivity contribution < 1.29 is 9.53 Å². The van der Waals surface area contributed by atoms with Crippen molar-refractivity contribution >= 4 is 5.91 Å². The van der Waals surface area contributed by atoms with Crippen LogP contribution in [0.1, 0.15) is 42.6 Å². The van der Waals surface area contributed by atoms with Crippen LogP contribution in [0.25, 0.3) is 0 Å². The third-order valence-corrected chi connectivity index (χ3v) is 4.52. The van der Waals surface area contributed by atoms with Gasteiger partial charge in [0.05, 0.1) is 31.0 Å². The van der Waals surface area contributed by atoms with Crippen LogP contribution in [0.3, 0.4) is 0 Å². The molecule has 1 amide bonds. The van der Waals surface area contributed by atoms with E-state index in [4.69, 9.17) is 10.5 Å². The van der Waals surface area contributed by atoms with Gasteiger partial charge in [-0.05, 0) is 30.5 Å². The van der Waals surface area contributed by atoms with Gasteiger partial charge in [0.15, 0.2) is 0 Å². The molecule has 24 heavy (non-hydrogen) atoms. The summed E-state index contributed by atoms with van der Waals surface area (Å²) in [4.78, 5) is 12.4. The summed E-state index contributed by atoms with van der Waals surface area (Å²) in [6.07, 6.45) is 4.94. The van der Waals surface area contributed by atoms with Crippen LogP contribution in [-0.4, -0.2) is 34.9 Å². The lowest BCUT2D eigenvalue weighted by Gasteiger charge is -2.31. The monoisotopic (exact) mass is 330 g/mol. The Balaban J connectivity index is 2.05. The summed E-state index contributed by atoms with van der Waals surface area (Å²) < 4.78 is 6.90. The van der Waals surface area contributed by atoms with Gasteiger partial charge < -0.3 is 15.8 Å². The van der Waals surface area contributed by atoms with Crippen LogP contribution in [0.2, 0.25) is 0 Å². The van der Waals surface area contributed by atoms with E-state index in [2.05, 4.69) is 10.4 Å². The summed E-state index contributed by atoms with van der Waals surface area (Å²) in [6.45, 7) is 5.08. The highest BCUT2D eigenvalue weighted by Crippen LogP contribution is 2.15. The molecule has 2 aromatic rings. The largest absolute Gasteiger partial charge is 0.497 e. The SMILES string of the molecule is CCC(CC)(CN)NC(=O)c1cnn(Cc2ccc(OC)cc2)c1. The summed E-state index contributed by atoms with van der Waals surface area (Å²) in [6, 6.07) is 7.77. The predicted molar refractivity (Wildman–Crippen MR) is 94.2 cm³/mol. The zero-order chi connectivity index (χ0) is 17.6. The van der Waals surface area contributed by atoms with Gasteiger partial charge in [0.2, 0.25) is 0 Å². The quantitative estimate of drug-likeness (QED) is 0.777.